The topological polar surface area (TPSA) is 95.1 Å². The van der Waals surface area contributed by atoms with E-state index in [2.05, 4.69) is 25.8 Å². The fourth-order valence-corrected chi connectivity index (χ4v) is 5.63. The minimum absolute atomic E-state index is 0.0394. The summed E-state index contributed by atoms with van der Waals surface area (Å²) in [6.45, 7) is 6.23. The van der Waals surface area contributed by atoms with Gasteiger partial charge in [-0.25, -0.2) is 13.4 Å². The monoisotopic (exact) mass is 379 g/mol. The fourth-order valence-electron chi connectivity index (χ4n) is 2.80. The summed E-state index contributed by atoms with van der Waals surface area (Å²) in [6, 6.07) is 7.77. The number of sulfone groups is 1. The summed E-state index contributed by atoms with van der Waals surface area (Å²) in [5.74, 6) is 0.517. The average Bonchev–Trinajstić information content (AvgIpc) is 2.88. The molecule has 0 bridgehead atoms. The molecule has 0 aliphatic carbocycles. The predicted molar refractivity (Wildman–Crippen MR) is 99.9 cm³/mol. The number of benzene rings is 1. The van der Waals surface area contributed by atoms with Crippen LogP contribution in [-0.2, 0) is 15.3 Å². The molecule has 8 heteroatoms. The molecule has 134 valence electrons. The van der Waals surface area contributed by atoms with E-state index in [1.165, 1.54) is 22.4 Å². The number of hydrogen-bond acceptors (Lipinski definition) is 6. The van der Waals surface area contributed by atoms with Gasteiger partial charge in [0, 0.05) is 11.8 Å². The normalized spacial score (nSPS) is 17.5. The van der Waals surface area contributed by atoms with Gasteiger partial charge < -0.3 is 5.73 Å². The third kappa shape index (κ3) is 3.59. The van der Waals surface area contributed by atoms with Gasteiger partial charge >= 0.3 is 0 Å². The SMILES string of the molecule is CC(C)(C)c1ccc(S(=O)(=O)C[C@@H]2CSc3nc(N)cc(=O)n32)cc1. The van der Waals surface area contributed by atoms with Crippen LogP contribution >= 0.6 is 11.8 Å². The van der Waals surface area contributed by atoms with Crippen molar-refractivity contribution in [2.24, 2.45) is 0 Å². The molecule has 2 N–H and O–H groups in total. The van der Waals surface area contributed by atoms with Gasteiger partial charge in [0.1, 0.15) is 5.82 Å². The van der Waals surface area contributed by atoms with Gasteiger partial charge in [-0.05, 0) is 23.1 Å². The van der Waals surface area contributed by atoms with Crippen LogP contribution in [0.2, 0.25) is 0 Å². The van der Waals surface area contributed by atoms with Crippen molar-refractivity contribution in [2.45, 2.75) is 42.3 Å². The van der Waals surface area contributed by atoms with Crippen molar-refractivity contribution in [3.05, 3.63) is 46.2 Å². The quantitative estimate of drug-likeness (QED) is 0.822. The number of rotatable bonds is 3. The Morgan fingerprint density at radius 1 is 1.28 bits per heavy atom. The zero-order valence-corrected chi connectivity index (χ0v) is 16.0. The summed E-state index contributed by atoms with van der Waals surface area (Å²) in [5.41, 5.74) is 6.31. The number of anilines is 1. The summed E-state index contributed by atoms with van der Waals surface area (Å²) in [5, 5.41) is 0.480. The first-order valence-electron chi connectivity index (χ1n) is 7.93. The van der Waals surface area contributed by atoms with Gasteiger partial charge in [-0.2, -0.15) is 0 Å². The van der Waals surface area contributed by atoms with Crippen LogP contribution < -0.4 is 11.3 Å². The molecule has 0 fully saturated rings. The molecule has 1 atom stereocenters. The van der Waals surface area contributed by atoms with Gasteiger partial charge in [0.2, 0.25) is 0 Å². The first kappa shape index (κ1) is 18.0. The van der Waals surface area contributed by atoms with E-state index < -0.39 is 15.9 Å². The highest BCUT2D eigenvalue weighted by atomic mass is 32.2. The second kappa shape index (κ2) is 6.17. The maximum atomic E-state index is 12.8. The van der Waals surface area contributed by atoms with Gasteiger partial charge in [-0.15, -0.1) is 0 Å². The van der Waals surface area contributed by atoms with Crippen molar-refractivity contribution in [3.8, 4) is 0 Å². The summed E-state index contributed by atoms with van der Waals surface area (Å²) in [7, 11) is -3.51. The molecule has 3 rings (SSSR count). The lowest BCUT2D eigenvalue weighted by atomic mass is 9.87. The number of hydrogen-bond donors (Lipinski definition) is 1. The number of fused-ring (bicyclic) bond motifs is 1. The smallest absolute Gasteiger partial charge is 0.256 e. The van der Waals surface area contributed by atoms with Crippen LogP contribution in [0.4, 0.5) is 5.82 Å². The van der Waals surface area contributed by atoms with E-state index in [4.69, 9.17) is 5.73 Å². The van der Waals surface area contributed by atoms with Crippen molar-refractivity contribution < 1.29 is 8.42 Å². The molecule has 2 heterocycles. The second-order valence-corrected chi connectivity index (χ2v) is 10.2. The molecule has 1 aromatic heterocycles. The van der Waals surface area contributed by atoms with E-state index in [9.17, 15) is 13.2 Å². The molecule has 0 saturated heterocycles. The Morgan fingerprint density at radius 3 is 2.52 bits per heavy atom. The molecule has 0 saturated carbocycles. The number of nitrogen functional groups attached to an aromatic ring is 1. The molecule has 6 nitrogen and oxygen atoms in total. The van der Waals surface area contributed by atoms with Crippen LogP contribution in [0.25, 0.3) is 0 Å². The molecule has 0 unspecified atom stereocenters. The summed E-state index contributed by atoms with van der Waals surface area (Å²) in [4.78, 5) is 16.5. The van der Waals surface area contributed by atoms with Crippen LogP contribution in [0.3, 0.4) is 0 Å². The fraction of sp³-hybridized carbons (Fsp3) is 0.412. The Balaban J connectivity index is 1.88. The van der Waals surface area contributed by atoms with Crippen molar-refractivity contribution in [1.29, 1.82) is 0 Å². The van der Waals surface area contributed by atoms with Crippen LogP contribution in [0, 0.1) is 0 Å². The highest BCUT2D eigenvalue weighted by Crippen LogP contribution is 2.32. The number of nitrogens with two attached hydrogens (primary N) is 1. The number of aromatic nitrogens is 2. The van der Waals surface area contributed by atoms with E-state index in [1.54, 1.807) is 12.1 Å². The first-order chi connectivity index (χ1) is 11.6. The Kier molecular flexibility index (Phi) is 4.45. The molecule has 0 spiro atoms. The van der Waals surface area contributed by atoms with Crippen LogP contribution in [0.15, 0.2) is 45.2 Å². The van der Waals surface area contributed by atoms with Crippen LogP contribution in [-0.4, -0.2) is 29.5 Å². The van der Waals surface area contributed by atoms with Crippen molar-refractivity contribution >= 4 is 27.4 Å². The van der Waals surface area contributed by atoms with E-state index in [1.807, 2.05) is 12.1 Å². The Bertz CT molecular complexity index is 958. The van der Waals surface area contributed by atoms with Gasteiger partial charge in [0.15, 0.2) is 15.0 Å². The molecule has 1 aliphatic rings. The van der Waals surface area contributed by atoms with Crippen LogP contribution in [0.5, 0.6) is 0 Å². The van der Waals surface area contributed by atoms with Crippen molar-refractivity contribution in [3.63, 3.8) is 0 Å². The van der Waals surface area contributed by atoms with Gasteiger partial charge in [0.25, 0.3) is 5.56 Å². The molecule has 1 aliphatic heterocycles. The van der Waals surface area contributed by atoms with Crippen molar-refractivity contribution in [1.82, 2.24) is 9.55 Å². The van der Waals surface area contributed by atoms with Crippen molar-refractivity contribution in [2.75, 3.05) is 17.2 Å². The molecule has 1 aromatic carbocycles. The minimum atomic E-state index is -3.51. The van der Waals surface area contributed by atoms with E-state index in [-0.39, 0.29) is 27.4 Å². The Labute approximate surface area is 151 Å². The third-order valence-electron chi connectivity index (χ3n) is 4.20. The van der Waals surface area contributed by atoms with Crippen LogP contribution in [0.1, 0.15) is 32.4 Å². The highest BCUT2D eigenvalue weighted by molar-refractivity contribution is 7.99. The summed E-state index contributed by atoms with van der Waals surface area (Å²) < 4.78 is 27.0. The van der Waals surface area contributed by atoms with E-state index >= 15 is 0 Å². The number of thioether (sulfide) groups is 1. The summed E-state index contributed by atoms with van der Waals surface area (Å²) in [6.07, 6.45) is 0. The maximum absolute atomic E-state index is 12.8. The first-order valence-corrected chi connectivity index (χ1v) is 10.6. The lowest BCUT2D eigenvalue weighted by molar-refractivity contribution is 0.528. The second-order valence-electron chi connectivity index (χ2n) is 7.19. The Morgan fingerprint density at radius 2 is 1.92 bits per heavy atom. The maximum Gasteiger partial charge on any atom is 0.256 e. The van der Waals surface area contributed by atoms with E-state index in [0.29, 0.717) is 10.9 Å². The summed E-state index contributed by atoms with van der Waals surface area (Å²) >= 11 is 1.35. The molecular weight excluding hydrogens is 358 g/mol. The lowest BCUT2D eigenvalue weighted by Gasteiger charge is -2.19. The van der Waals surface area contributed by atoms with Gasteiger partial charge in [-0.1, -0.05) is 44.7 Å². The molecule has 2 aromatic rings. The standard InChI is InChI=1S/C17H21N3O3S2/c1-17(2,3)11-4-6-13(7-5-11)25(22,23)10-12-9-24-16-19-14(18)8-15(21)20(12)16/h4-8,12H,9-10,18H2,1-3H3/t12-/m0/s1. The third-order valence-corrected chi connectivity index (χ3v) is 7.11. The molecular formula is C17H21N3O3S2. The predicted octanol–water partition coefficient (Wildman–Crippen LogP) is 2.24. The largest absolute Gasteiger partial charge is 0.383 e. The minimum Gasteiger partial charge on any atom is -0.383 e. The van der Waals surface area contributed by atoms with Gasteiger partial charge in [-0.3, -0.25) is 9.36 Å². The Hall–Kier alpha value is -1.80. The average molecular weight is 380 g/mol. The van der Waals surface area contributed by atoms with E-state index in [0.717, 1.165) is 5.56 Å². The molecule has 0 radical (unpaired) electrons. The zero-order chi connectivity index (χ0) is 18.4. The molecule has 25 heavy (non-hydrogen) atoms. The highest BCUT2D eigenvalue weighted by Gasteiger charge is 2.30. The zero-order valence-electron chi connectivity index (χ0n) is 14.4. The lowest BCUT2D eigenvalue weighted by Crippen LogP contribution is -2.29. The number of nitrogens with zero attached hydrogens (tertiary/aromatic N) is 2. The van der Waals surface area contributed by atoms with Gasteiger partial charge in [0.05, 0.1) is 16.7 Å². The molecule has 0 amide bonds.